The molecule has 1 aromatic heterocycles. The number of carbonyl (C=O) groups is 2. The Morgan fingerprint density at radius 3 is 2.52 bits per heavy atom. The van der Waals surface area contributed by atoms with Crippen LogP contribution in [0.2, 0.25) is 0 Å². The first-order chi connectivity index (χ1) is 11.7. The smallest absolute Gasteiger partial charge is 0.336 e. The van der Waals surface area contributed by atoms with Crippen LogP contribution in [0.4, 0.5) is 5.82 Å². The van der Waals surface area contributed by atoms with E-state index >= 15 is 0 Å². The molecule has 0 radical (unpaired) electrons. The number of esters is 1. The van der Waals surface area contributed by atoms with Gasteiger partial charge in [-0.15, -0.1) is 0 Å². The quantitative estimate of drug-likeness (QED) is 0.605. The molecule has 0 bridgehead atoms. The van der Waals surface area contributed by atoms with Gasteiger partial charge in [0.2, 0.25) is 0 Å². The zero-order valence-corrected chi connectivity index (χ0v) is 15.0. The van der Waals surface area contributed by atoms with E-state index in [1.54, 1.807) is 12.1 Å². The minimum atomic E-state index is -0.942. The Bertz CT molecular complexity index is 638. The highest BCUT2D eigenvalue weighted by molar-refractivity contribution is 6.15. The number of aromatic nitrogens is 1. The maximum absolute atomic E-state index is 11.7. The van der Waals surface area contributed by atoms with E-state index in [2.05, 4.69) is 10.3 Å². The number of anilines is 1. The summed E-state index contributed by atoms with van der Waals surface area (Å²) in [6.45, 7) is 5.43. The minimum Gasteiger partial charge on any atom is -0.478 e. The molecule has 1 heterocycles. The normalized spacial score (nSPS) is 15.9. The van der Waals surface area contributed by atoms with Crippen molar-refractivity contribution in [2.45, 2.75) is 52.1 Å². The van der Waals surface area contributed by atoms with Gasteiger partial charge in [-0.1, -0.05) is 18.9 Å². The average molecular weight is 346 g/mol. The number of carbonyl (C=O) groups excluding carboxylic acids is 1. The second kappa shape index (κ2) is 8.14. The summed E-state index contributed by atoms with van der Waals surface area (Å²) >= 11 is 0. The highest BCUT2D eigenvalue weighted by atomic mass is 16.6. The van der Waals surface area contributed by atoms with Crippen LogP contribution in [0.1, 0.15) is 52.0 Å². The van der Waals surface area contributed by atoms with Gasteiger partial charge in [-0.3, -0.25) is 4.79 Å². The lowest BCUT2D eigenvalue weighted by Crippen LogP contribution is -2.28. The number of ether oxygens (including phenoxy) is 1. The Morgan fingerprint density at radius 2 is 2.00 bits per heavy atom. The third-order valence-electron chi connectivity index (χ3n) is 3.94. The van der Waals surface area contributed by atoms with E-state index < -0.39 is 11.6 Å². The van der Waals surface area contributed by atoms with Gasteiger partial charge in [0.05, 0.1) is 5.57 Å². The molecule has 0 spiro atoms. The molecular weight excluding hydrogens is 320 g/mol. The Hall–Kier alpha value is -2.37. The second-order valence-corrected chi connectivity index (χ2v) is 7.30. The lowest BCUT2D eigenvalue weighted by molar-refractivity contribution is -0.152. The largest absolute Gasteiger partial charge is 0.478 e. The highest BCUT2D eigenvalue weighted by Crippen LogP contribution is 2.29. The van der Waals surface area contributed by atoms with E-state index in [0.29, 0.717) is 17.3 Å². The van der Waals surface area contributed by atoms with Crippen LogP contribution < -0.4 is 5.32 Å². The Labute approximate surface area is 148 Å². The van der Waals surface area contributed by atoms with Crippen LogP contribution in [0.25, 0.3) is 5.57 Å². The van der Waals surface area contributed by atoms with Crippen molar-refractivity contribution in [3.63, 3.8) is 0 Å². The van der Waals surface area contributed by atoms with Crippen molar-refractivity contribution >= 4 is 23.3 Å². The minimum absolute atomic E-state index is 0.00726. The average Bonchev–Trinajstić information content (AvgIpc) is 3.02. The Balaban J connectivity index is 2.00. The topological polar surface area (TPSA) is 88.5 Å². The first-order valence-corrected chi connectivity index (χ1v) is 8.62. The zero-order valence-electron chi connectivity index (χ0n) is 15.0. The van der Waals surface area contributed by atoms with Crippen molar-refractivity contribution in [1.82, 2.24) is 4.98 Å². The number of rotatable bonds is 6. The zero-order chi connectivity index (χ0) is 18.4. The summed E-state index contributed by atoms with van der Waals surface area (Å²) in [5.41, 5.74) is 0.331. The number of carboxylic acid groups (broad SMARTS) is 1. The van der Waals surface area contributed by atoms with Crippen LogP contribution in [0.3, 0.4) is 0 Å². The monoisotopic (exact) mass is 346 g/mol. The summed E-state index contributed by atoms with van der Waals surface area (Å²) in [5, 5.41) is 12.4. The van der Waals surface area contributed by atoms with Crippen LogP contribution in [-0.2, 0) is 14.3 Å². The number of nitrogens with one attached hydrogen (secondary N) is 1. The third-order valence-corrected chi connectivity index (χ3v) is 3.94. The SMILES string of the molecule is CC(C)(C)OC(=O)CNc1ccc(/C(=C\C2CCCC2)C(=O)O)cn1. The number of allylic oxidation sites excluding steroid dienone is 1. The van der Waals surface area contributed by atoms with Crippen molar-refractivity contribution in [1.29, 1.82) is 0 Å². The number of hydrogen-bond donors (Lipinski definition) is 2. The second-order valence-electron chi connectivity index (χ2n) is 7.30. The summed E-state index contributed by atoms with van der Waals surface area (Å²) in [5.74, 6) is -0.481. The molecule has 6 heteroatoms. The van der Waals surface area contributed by atoms with Gasteiger partial charge >= 0.3 is 11.9 Å². The summed E-state index contributed by atoms with van der Waals surface area (Å²) in [6, 6.07) is 3.38. The standard InChI is InChI=1S/C19H26N2O4/c1-19(2,3)25-17(22)12-21-16-9-8-14(11-20-16)15(18(23)24)10-13-6-4-5-7-13/h8-11,13H,4-7,12H2,1-3H3,(H,20,21)(H,23,24)/b15-10+. The van der Waals surface area contributed by atoms with Crippen LogP contribution >= 0.6 is 0 Å². The summed E-state index contributed by atoms with van der Waals surface area (Å²) in [6.07, 6.45) is 7.76. The fourth-order valence-electron chi connectivity index (χ4n) is 2.85. The van der Waals surface area contributed by atoms with E-state index in [-0.39, 0.29) is 18.1 Å². The fourth-order valence-corrected chi connectivity index (χ4v) is 2.85. The molecule has 0 amide bonds. The third kappa shape index (κ3) is 6.21. The molecule has 0 aromatic carbocycles. The molecule has 136 valence electrons. The first-order valence-electron chi connectivity index (χ1n) is 8.62. The fraction of sp³-hybridized carbons (Fsp3) is 0.526. The number of hydrogen-bond acceptors (Lipinski definition) is 5. The number of carboxylic acids is 1. The van der Waals surface area contributed by atoms with E-state index in [1.165, 1.54) is 6.20 Å². The molecule has 1 aliphatic rings. The molecule has 0 atom stereocenters. The van der Waals surface area contributed by atoms with Gasteiger partial charge in [0, 0.05) is 11.8 Å². The van der Waals surface area contributed by atoms with Crippen LogP contribution in [0.5, 0.6) is 0 Å². The lowest BCUT2D eigenvalue weighted by atomic mass is 10.00. The van der Waals surface area contributed by atoms with Gasteiger partial charge < -0.3 is 15.2 Å². The molecule has 0 aliphatic heterocycles. The van der Waals surface area contributed by atoms with Crippen LogP contribution in [-0.4, -0.2) is 34.2 Å². The predicted molar refractivity (Wildman–Crippen MR) is 96.1 cm³/mol. The maximum Gasteiger partial charge on any atom is 0.336 e. The van der Waals surface area contributed by atoms with E-state index in [0.717, 1.165) is 25.7 Å². The lowest BCUT2D eigenvalue weighted by Gasteiger charge is -2.19. The van der Waals surface area contributed by atoms with Crippen LogP contribution in [0.15, 0.2) is 24.4 Å². The van der Waals surface area contributed by atoms with Crippen molar-refractivity contribution in [2.75, 3.05) is 11.9 Å². The van der Waals surface area contributed by atoms with Gasteiger partial charge in [0.1, 0.15) is 18.0 Å². The predicted octanol–water partition coefficient (Wildman–Crippen LogP) is 3.49. The molecule has 1 saturated carbocycles. The van der Waals surface area contributed by atoms with E-state index in [1.807, 2.05) is 26.8 Å². The van der Waals surface area contributed by atoms with Gasteiger partial charge in [-0.2, -0.15) is 0 Å². The molecule has 2 rings (SSSR count). The van der Waals surface area contributed by atoms with Crippen molar-refractivity contribution in [3.05, 3.63) is 30.0 Å². The van der Waals surface area contributed by atoms with Gasteiger partial charge in [0.25, 0.3) is 0 Å². The maximum atomic E-state index is 11.7. The van der Waals surface area contributed by atoms with Crippen molar-refractivity contribution in [3.8, 4) is 0 Å². The molecule has 2 N–H and O–H groups in total. The number of aliphatic carboxylic acids is 1. The van der Waals surface area contributed by atoms with Crippen LogP contribution in [0, 0.1) is 5.92 Å². The van der Waals surface area contributed by atoms with Gasteiger partial charge in [-0.05, 0) is 51.7 Å². The van der Waals surface area contributed by atoms with Gasteiger partial charge in [0.15, 0.2) is 0 Å². The van der Waals surface area contributed by atoms with Gasteiger partial charge in [-0.25, -0.2) is 9.78 Å². The van der Waals surface area contributed by atoms with Crippen molar-refractivity contribution < 1.29 is 19.4 Å². The Kier molecular flexibility index (Phi) is 6.17. The van der Waals surface area contributed by atoms with E-state index in [4.69, 9.17) is 4.74 Å². The highest BCUT2D eigenvalue weighted by Gasteiger charge is 2.18. The molecule has 1 aromatic rings. The molecule has 0 unspecified atom stereocenters. The molecule has 6 nitrogen and oxygen atoms in total. The summed E-state index contributed by atoms with van der Waals surface area (Å²) in [7, 11) is 0. The van der Waals surface area contributed by atoms with E-state index in [9.17, 15) is 14.7 Å². The van der Waals surface area contributed by atoms with Crippen molar-refractivity contribution in [2.24, 2.45) is 5.92 Å². The molecule has 1 aliphatic carbocycles. The molecule has 25 heavy (non-hydrogen) atoms. The molecular formula is C19H26N2O4. The molecule has 1 fully saturated rings. The summed E-state index contributed by atoms with van der Waals surface area (Å²) < 4.78 is 5.21. The Morgan fingerprint density at radius 1 is 1.32 bits per heavy atom. The number of nitrogens with zero attached hydrogens (tertiary/aromatic N) is 1. The first kappa shape index (κ1) is 19.0. The molecule has 0 saturated heterocycles. The summed E-state index contributed by atoms with van der Waals surface area (Å²) in [4.78, 5) is 27.4. The number of pyridine rings is 1.